The molecule has 5 nitrogen and oxygen atoms in total. The Hall–Kier alpha value is -2.22. The van der Waals surface area contributed by atoms with Crippen molar-refractivity contribution < 1.29 is 21.6 Å². The van der Waals surface area contributed by atoms with Crippen LogP contribution >= 0.6 is 11.8 Å². The van der Waals surface area contributed by atoms with Gasteiger partial charge in [-0.05, 0) is 66.7 Å². The largest absolute Gasteiger partial charge is 0.446 e. The van der Waals surface area contributed by atoms with Crippen molar-refractivity contribution in [1.82, 2.24) is 4.31 Å². The van der Waals surface area contributed by atoms with E-state index in [0.717, 1.165) is 5.69 Å². The Bertz CT molecular complexity index is 985. The molecule has 0 aromatic heterocycles. The SMILES string of the molecule is N#Cc1ccc(N2CCCN(S(=O)(=O)c3ccc(SC(F)(F)F)cc3)CC2)cc1. The Kier molecular flexibility index (Phi) is 6.41. The normalized spacial score (nSPS) is 16.3. The molecule has 1 saturated heterocycles. The van der Waals surface area contributed by atoms with Gasteiger partial charge >= 0.3 is 5.51 Å². The number of alkyl halides is 3. The molecule has 0 radical (unpaired) electrons. The fourth-order valence-corrected chi connectivity index (χ4v) is 5.11. The number of nitrogens with zero attached hydrogens (tertiary/aromatic N) is 3. The van der Waals surface area contributed by atoms with Crippen LogP contribution in [0.25, 0.3) is 0 Å². The Morgan fingerprint density at radius 1 is 0.931 bits per heavy atom. The summed E-state index contributed by atoms with van der Waals surface area (Å²) in [4.78, 5) is 1.98. The number of benzene rings is 2. The highest BCUT2D eigenvalue weighted by molar-refractivity contribution is 8.00. The first kappa shape index (κ1) is 21.5. The summed E-state index contributed by atoms with van der Waals surface area (Å²) in [5.74, 6) is 0. The topological polar surface area (TPSA) is 64.4 Å². The molecule has 0 bridgehead atoms. The van der Waals surface area contributed by atoms with Crippen molar-refractivity contribution in [3.8, 4) is 6.07 Å². The van der Waals surface area contributed by atoms with Gasteiger partial charge in [0.05, 0.1) is 16.5 Å². The van der Waals surface area contributed by atoms with Crippen LogP contribution in [0.1, 0.15) is 12.0 Å². The van der Waals surface area contributed by atoms with Gasteiger partial charge in [-0.3, -0.25) is 0 Å². The van der Waals surface area contributed by atoms with E-state index in [2.05, 4.69) is 11.0 Å². The lowest BCUT2D eigenvalue weighted by Crippen LogP contribution is -2.35. The Balaban J connectivity index is 1.70. The molecule has 0 spiro atoms. The molecule has 0 saturated carbocycles. The first-order chi connectivity index (χ1) is 13.7. The van der Waals surface area contributed by atoms with Crippen LogP contribution in [-0.2, 0) is 10.0 Å². The number of sulfonamides is 1. The fraction of sp³-hybridized carbons (Fsp3) is 0.316. The van der Waals surface area contributed by atoms with E-state index in [1.54, 1.807) is 12.1 Å². The molecule has 0 unspecified atom stereocenters. The van der Waals surface area contributed by atoms with E-state index in [-0.39, 0.29) is 28.1 Å². The Morgan fingerprint density at radius 3 is 2.17 bits per heavy atom. The molecule has 29 heavy (non-hydrogen) atoms. The molecule has 1 heterocycles. The second kappa shape index (κ2) is 8.65. The number of rotatable bonds is 4. The summed E-state index contributed by atoms with van der Waals surface area (Å²) in [5, 5.41) is 8.90. The Morgan fingerprint density at radius 2 is 1.59 bits per heavy atom. The molecule has 1 aliphatic heterocycles. The van der Waals surface area contributed by atoms with Gasteiger partial charge in [0, 0.05) is 36.8 Å². The molecule has 154 valence electrons. The lowest BCUT2D eigenvalue weighted by Gasteiger charge is -2.23. The molecule has 0 amide bonds. The summed E-state index contributed by atoms with van der Waals surface area (Å²) in [6.07, 6.45) is 0.612. The smallest absolute Gasteiger partial charge is 0.370 e. The molecule has 3 rings (SSSR count). The van der Waals surface area contributed by atoms with Crippen LogP contribution in [-0.4, -0.2) is 44.4 Å². The second-order valence-electron chi connectivity index (χ2n) is 6.42. The minimum Gasteiger partial charge on any atom is -0.370 e. The first-order valence-electron chi connectivity index (χ1n) is 8.80. The van der Waals surface area contributed by atoms with Crippen LogP contribution in [0, 0.1) is 11.3 Å². The number of hydrogen-bond donors (Lipinski definition) is 0. The predicted octanol–water partition coefficient (Wildman–Crippen LogP) is 4.07. The van der Waals surface area contributed by atoms with Crippen molar-refractivity contribution in [3.63, 3.8) is 0 Å². The quantitative estimate of drug-likeness (QED) is 0.670. The Labute approximate surface area is 171 Å². The third kappa shape index (κ3) is 5.44. The number of anilines is 1. The highest BCUT2D eigenvalue weighted by atomic mass is 32.2. The molecule has 10 heteroatoms. The molecule has 0 aliphatic carbocycles. The number of nitriles is 1. The van der Waals surface area contributed by atoms with Crippen LogP contribution in [0.3, 0.4) is 0 Å². The van der Waals surface area contributed by atoms with E-state index in [1.165, 1.54) is 28.6 Å². The van der Waals surface area contributed by atoms with Gasteiger partial charge in [0.15, 0.2) is 0 Å². The molecule has 1 fully saturated rings. The van der Waals surface area contributed by atoms with Crippen molar-refractivity contribution >= 4 is 27.5 Å². The monoisotopic (exact) mass is 441 g/mol. The molecule has 0 N–H and O–H groups in total. The first-order valence-corrected chi connectivity index (χ1v) is 11.1. The molecule has 2 aromatic rings. The standard InChI is InChI=1S/C19H18F3N3O2S2/c20-19(21,22)28-17-6-8-18(9-7-17)29(26,27)25-11-1-10-24(12-13-25)16-4-2-15(14-23)3-5-16/h2-9H,1,10-13H2. The van der Waals surface area contributed by atoms with Gasteiger partial charge in [-0.15, -0.1) is 0 Å². The predicted molar refractivity (Wildman–Crippen MR) is 105 cm³/mol. The summed E-state index contributed by atoms with van der Waals surface area (Å²) >= 11 is -0.276. The molecular weight excluding hydrogens is 423 g/mol. The third-order valence-electron chi connectivity index (χ3n) is 4.51. The summed E-state index contributed by atoms with van der Waals surface area (Å²) in [7, 11) is -3.79. The average Bonchev–Trinajstić information content (AvgIpc) is 2.94. The zero-order valence-electron chi connectivity index (χ0n) is 15.3. The minimum atomic E-state index is -4.42. The van der Waals surface area contributed by atoms with Gasteiger partial charge in [0.2, 0.25) is 10.0 Å². The van der Waals surface area contributed by atoms with E-state index < -0.39 is 15.5 Å². The number of thioether (sulfide) groups is 1. The van der Waals surface area contributed by atoms with Crippen molar-refractivity contribution in [1.29, 1.82) is 5.26 Å². The maximum absolute atomic E-state index is 12.9. The molecule has 0 atom stereocenters. The molecule has 2 aromatic carbocycles. The fourth-order valence-electron chi connectivity index (χ4n) is 3.10. The van der Waals surface area contributed by atoms with Crippen molar-refractivity contribution in [2.24, 2.45) is 0 Å². The zero-order chi connectivity index (χ0) is 21.1. The van der Waals surface area contributed by atoms with Crippen LogP contribution < -0.4 is 4.90 Å². The number of hydrogen-bond acceptors (Lipinski definition) is 5. The minimum absolute atomic E-state index is 0.0177. The van der Waals surface area contributed by atoms with Gasteiger partial charge in [-0.2, -0.15) is 22.7 Å². The van der Waals surface area contributed by atoms with Crippen LogP contribution in [0.2, 0.25) is 0 Å². The van der Waals surface area contributed by atoms with Crippen molar-refractivity contribution in [2.75, 3.05) is 31.1 Å². The third-order valence-corrected chi connectivity index (χ3v) is 7.16. The van der Waals surface area contributed by atoms with E-state index in [9.17, 15) is 21.6 Å². The summed E-state index contributed by atoms with van der Waals surface area (Å²) in [6, 6.07) is 13.9. The van der Waals surface area contributed by atoms with Crippen LogP contribution in [0.5, 0.6) is 0 Å². The van der Waals surface area contributed by atoms with Crippen molar-refractivity contribution in [3.05, 3.63) is 54.1 Å². The lowest BCUT2D eigenvalue weighted by molar-refractivity contribution is -0.0328. The summed E-state index contributed by atoms with van der Waals surface area (Å²) < 4.78 is 64.5. The maximum Gasteiger partial charge on any atom is 0.446 e. The van der Waals surface area contributed by atoms with Gasteiger partial charge in [0.1, 0.15) is 0 Å². The van der Waals surface area contributed by atoms with Gasteiger partial charge < -0.3 is 4.90 Å². The van der Waals surface area contributed by atoms with E-state index >= 15 is 0 Å². The summed E-state index contributed by atoms with van der Waals surface area (Å²) in [6.45, 7) is 1.74. The second-order valence-corrected chi connectivity index (χ2v) is 9.50. The van der Waals surface area contributed by atoms with Gasteiger partial charge in [0.25, 0.3) is 0 Å². The number of halogens is 3. The molecule has 1 aliphatic rings. The van der Waals surface area contributed by atoms with E-state index in [4.69, 9.17) is 5.26 Å². The van der Waals surface area contributed by atoms with Crippen LogP contribution in [0.15, 0.2) is 58.3 Å². The molecular formula is C19H18F3N3O2S2. The van der Waals surface area contributed by atoms with Crippen molar-refractivity contribution in [2.45, 2.75) is 21.7 Å². The van der Waals surface area contributed by atoms with Gasteiger partial charge in [-0.1, -0.05) is 0 Å². The summed E-state index contributed by atoms with van der Waals surface area (Å²) in [5.41, 5.74) is -2.95. The average molecular weight is 442 g/mol. The van der Waals surface area contributed by atoms with E-state index in [1.807, 2.05) is 12.1 Å². The lowest BCUT2D eigenvalue weighted by atomic mass is 10.2. The maximum atomic E-state index is 12.9. The zero-order valence-corrected chi connectivity index (χ0v) is 16.9. The highest BCUT2D eigenvalue weighted by Crippen LogP contribution is 2.37. The highest BCUT2D eigenvalue weighted by Gasteiger charge is 2.30. The van der Waals surface area contributed by atoms with E-state index in [0.29, 0.717) is 31.6 Å². The van der Waals surface area contributed by atoms with Gasteiger partial charge in [-0.25, -0.2) is 8.42 Å². The van der Waals surface area contributed by atoms with Crippen LogP contribution in [0.4, 0.5) is 18.9 Å².